The quantitative estimate of drug-likeness (QED) is 0.377. The highest BCUT2D eigenvalue weighted by molar-refractivity contribution is 6.01. The third-order valence-corrected chi connectivity index (χ3v) is 3.59. The molecule has 0 spiro atoms. The van der Waals surface area contributed by atoms with Gasteiger partial charge in [-0.05, 0) is 32.4 Å². The van der Waals surface area contributed by atoms with Crippen molar-refractivity contribution in [1.82, 2.24) is 4.90 Å². The summed E-state index contributed by atoms with van der Waals surface area (Å²) >= 11 is 0. The van der Waals surface area contributed by atoms with E-state index in [1.165, 1.54) is 0 Å². The van der Waals surface area contributed by atoms with Crippen molar-refractivity contribution < 1.29 is 10.0 Å². The van der Waals surface area contributed by atoms with Gasteiger partial charge in [0.15, 0.2) is 5.84 Å². The minimum absolute atomic E-state index is 0.00736. The van der Waals surface area contributed by atoms with E-state index in [-0.39, 0.29) is 17.3 Å². The molecule has 3 N–H and O–H groups in total. The second kappa shape index (κ2) is 5.73. The summed E-state index contributed by atoms with van der Waals surface area (Å²) in [6.45, 7) is 6.06. The van der Waals surface area contributed by atoms with Crippen LogP contribution in [-0.2, 0) is 0 Å². The fraction of sp³-hybridized carbons (Fsp3) is 0.429. The lowest BCUT2D eigenvalue weighted by atomic mass is 9.98. The second-order valence-corrected chi connectivity index (χ2v) is 5.10. The topological polar surface area (TPSA) is 78.9 Å². The average Bonchev–Trinajstić information content (AvgIpc) is 2.44. The number of amidine groups is 1. The summed E-state index contributed by atoms with van der Waals surface area (Å²) in [5, 5.41) is 11.6. The third-order valence-electron chi connectivity index (χ3n) is 3.59. The van der Waals surface area contributed by atoms with Gasteiger partial charge in [0, 0.05) is 23.7 Å². The summed E-state index contributed by atoms with van der Waals surface area (Å²) in [6.07, 6.45) is 0.856. The first-order valence-electron chi connectivity index (χ1n) is 6.19. The Kier molecular flexibility index (Phi) is 4.53. The van der Waals surface area contributed by atoms with E-state index in [0.29, 0.717) is 11.1 Å². The van der Waals surface area contributed by atoms with E-state index in [2.05, 4.69) is 5.16 Å². The molecule has 5 heteroatoms. The maximum absolute atomic E-state index is 12.4. The van der Waals surface area contributed by atoms with Crippen LogP contribution in [0.2, 0.25) is 0 Å². The van der Waals surface area contributed by atoms with Gasteiger partial charge in [-0.1, -0.05) is 24.2 Å². The molecule has 5 nitrogen and oxygen atoms in total. The Hall–Kier alpha value is -2.04. The van der Waals surface area contributed by atoms with E-state index < -0.39 is 0 Å². The molecule has 0 aliphatic heterocycles. The fourth-order valence-electron chi connectivity index (χ4n) is 1.58. The predicted molar refractivity (Wildman–Crippen MR) is 75.4 cm³/mol. The van der Waals surface area contributed by atoms with E-state index in [1.54, 1.807) is 36.2 Å². The van der Waals surface area contributed by atoms with Crippen molar-refractivity contribution >= 4 is 11.7 Å². The van der Waals surface area contributed by atoms with Gasteiger partial charge in [-0.15, -0.1) is 0 Å². The molecule has 1 amide bonds. The first-order chi connectivity index (χ1) is 8.83. The molecule has 0 bridgehead atoms. The largest absolute Gasteiger partial charge is 0.409 e. The number of rotatable bonds is 4. The van der Waals surface area contributed by atoms with Gasteiger partial charge in [-0.2, -0.15) is 0 Å². The molecule has 0 aliphatic carbocycles. The van der Waals surface area contributed by atoms with Gasteiger partial charge in [0.05, 0.1) is 0 Å². The SMILES string of the molecule is CCC(C)(C)N(C)C(=O)c1cccc(C(N)=NO)c1. The van der Waals surface area contributed by atoms with Crippen LogP contribution in [0.25, 0.3) is 0 Å². The van der Waals surface area contributed by atoms with Gasteiger partial charge in [0.25, 0.3) is 5.91 Å². The number of benzene rings is 1. The van der Waals surface area contributed by atoms with E-state index >= 15 is 0 Å². The smallest absolute Gasteiger partial charge is 0.254 e. The molecule has 0 fully saturated rings. The van der Waals surface area contributed by atoms with Gasteiger partial charge in [0.1, 0.15) is 0 Å². The summed E-state index contributed by atoms with van der Waals surface area (Å²) in [4.78, 5) is 14.1. The van der Waals surface area contributed by atoms with Crippen LogP contribution in [-0.4, -0.2) is 34.4 Å². The van der Waals surface area contributed by atoms with Crippen molar-refractivity contribution in [3.63, 3.8) is 0 Å². The zero-order chi connectivity index (χ0) is 14.6. The Morgan fingerprint density at radius 1 is 1.42 bits per heavy atom. The normalized spacial score (nSPS) is 12.3. The summed E-state index contributed by atoms with van der Waals surface area (Å²) < 4.78 is 0. The molecule has 0 unspecified atom stereocenters. The standard InChI is InChI=1S/C14H21N3O2/c1-5-14(2,3)17(4)13(18)11-8-6-7-10(9-11)12(15)16-19/h6-9,19H,5H2,1-4H3,(H2,15,16). The number of oxime groups is 1. The Morgan fingerprint density at radius 3 is 2.53 bits per heavy atom. The highest BCUT2D eigenvalue weighted by Crippen LogP contribution is 2.19. The Labute approximate surface area is 113 Å². The molecule has 1 aromatic rings. The lowest BCUT2D eigenvalue weighted by Gasteiger charge is -2.35. The molecule has 19 heavy (non-hydrogen) atoms. The van der Waals surface area contributed by atoms with E-state index in [1.807, 2.05) is 20.8 Å². The van der Waals surface area contributed by atoms with E-state index in [0.717, 1.165) is 6.42 Å². The molecule has 1 aromatic carbocycles. The average molecular weight is 263 g/mol. The molecule has 1 rings (SSSR count). The van der Waals surface area contributed by atoms with Crippen molar-refractivity contribution in [2.75, 3.05) is 7.05 Å². The highest BCUT2D eigenvalue weighted by Gasteiger charge is 2.26. The molecular formula is C14H21N3O2. The molecule has 0 heterocycles. The van der Waals surface area contributed by atoms with Crippen molar-refractivity contribution in [2.24, 2.45) is 10.9 Å². The van der Waals surface area contributed by atoms with Gasteiger partial charge in [-0.3, -0.25) is 4.79 Å². The van der Waals surface area contributed by atoms with Gasteiger partial charge in [-0.25, -0.2) is 0 Å². The molecule has 0 radical (unpaired) electrons. The lowest BCUT2D eigenvalue weighted by molar-refractivity contribution is 0.0620. The highest BCUT2D eigenvalue weighted by atomic mass is 16.4. The van der Waals surface area contributed by atoms with Crippen molar-refractivity contribution in [2.45, 2.75) is 32.7 Å². The zero-order valence-corrected chi connectivity index (χ0v) is 11.8. The number of hydrogen-bond donors (Lipinski definition) is 2. The van der Waals surface area contributed by atoms with Gasteiger partial charge in [0.2, 0.25) is 0 Å². The Bertz CT molecular complexity index is 495. The molecule has 0 aromatic heterocycles. The van der Waals surface area contributed by atoms with E-state index in [9.17, 15) is 4.79 Å². The van der Waals surface area contributed by atoms with Crippen LogP contribution in [0.1, 0.15) is 43.1 Å². The molecule has 0 saturated heterocycles. The van der Waals surface area contributed by atoms with Crippen LogP contribution in [0, 0.1) is 0 Å². The van der Waals surface area contributed by atoms with Crippen molar-refractivity contribution in [1.29, 1.82) is 0 Å². The fourth-order valence-corrected chi connectivity index (χ4v) is 1.58. The minimum atomic E-state index is -0.219. The number of amides is 1. The molecular weight excluding hydrogens is 242 g/mol. The second-order valence-electron chi connectivity index (χ2n) is 5.10. The number of hydrogen-bond acceptors (Lipinski definition) is 3. The third kappa shape index (κ3) is 3.24. The number of nitrogens with zero attached hydrogens (tertiary/aromatic N) is 2. The Balaban J connectivity index is 3.07. The maximum Gasteiger partial charge on any atom is 0.254 e. The summed E-state index contributed by atoms with van der Waals surface area (Å²) in [5.74, 6) is -0.0912. The van der Waals surface area contributed by atoms with Crippen LogP contribution in [0.4, 0.5) is 0 Å². The summed E-state index contributed by atoms with van der Waals surface area (Å²) in [5.41, 5.74) is 6.35. The van der Waals surface area contributed by atoms with Crippen molar-refractivity contribution in [3.8, 4) is 0 Å². The Morgan fingerprint density at radius 2 is 2.00 bits per heavy atom. The minimum Gasteiger partial charge on any atom is -0.409 e. The van der Waals surface area contributed by atoms with Gasteiger partial charge >= 0.3 is 0 Å². The van der Waals surface area contributed by atoms with Crippen molar-refractivity contribution in [3.05, 3.63) is 35.4 Å². The van der Waals surface area contributed by atoms with Crippen LogP contribution in [0.3, 0.4) is 0 Å². The van der Waals surface area contributed by atoms with Crippen LogP contribution < -0.4 is 5.73 Å². The number of nitrogens with two attached hydrogens (primary N) is 1. The predicted octanol–water partition coefficient (Wildman–Crippen LogP) is 2.04. The number of carbonyl (C=O) groups is 1. The lowest BCUT2D eigenvalue weighted by Crippen LogP contribution is -2.44. The molecule has 0 saturated carbocycles. The zero-order valence-electron chi connectivity index (χ0n) is 11.8. The number of carbonyl (C=O) groups excluding carboxylic acids is 1. The molecule has 104 valence electrons. The first kappa shape index (κ1) is 15.0. The maximum atomic E-state index is 12.4. The first-order valence-corrected chi connectivity index (χ1v) is 6.19. The van der Waals surface area contributed by atoms with Crippen LogP contribution in [0.15, 0.2) is 29.4 Å². The monoisotopic (exact) mass is 263 g/mol. The summed E-state index contributed by atoms with van der Waals surface area (Å²) in [6, 6.07) is 6.75. The molecule has 0 atom stereocenters. The summed E-state index contributed by atoms with van der Waals surface area (Å²) in [7, 11) is 1.78. The van der Waals surface area contributed by atoms with Crippen LogP contribution >= 0.6 is 0 Å². The molecule has 0 aliphatic rings. The van der Waals surface area contributed by atoms with E-state index in [4.69, 9.17) is 10.9 Å². The van der Waals surface area contributed by atoms with Crippen LogP contribution in [0.5, 0.6) is 0 Å². The van der Waals surface area contributed by atoms with Gasteiger partial charge < -0.3 is 15.8 Å².